The largest absolute Gasteiger partial charge is 0.346 e. The molecule has 0 aromatic rings. The Morgan fingerprint density at radius 2 is 1.07 bits per heavy atom. The lowest BCUT2D eigenvalue weighted by atomic mass is 9.52. The molecule has 8 heterocycles. The Labute approximate surface area is 243 Å². The van der Waals surface area contributed by atoms with Crippen LogP contribution in [-0.2, 0) is 38.5 Å². The van der Waals surface area contributed by atoms with Crippen LogP contribution >= 0.6 is 0 Å². The van der Waals surface area contributed by atoms with Gasteiger partial charge in [-0.25, -0.2) is 19.6 Å². The molecule has 3 saturated carbocycles. The van der Waals surface area contributed by atoms with Crippen LogP contribution in [0.15, 0.2) is 12.2 Å². The average molecular weight is 573 g/mol. The second kappa shape index (κ2) is 8.78. The van der Waals surface area contributed by atoms with E-state index in [9.17, 15) is 0 Å². The molecular formula is C33H48O8. The Balaban J connectivity index is 1.12. The molecule has 2 unspecified atom stereocenters. The molecule has 8 aliphatic heterocycles. The molecule has 8 nitrogen and oxygen atoms in total. The Morgan fingerprint density at radius 3 is 1.54 bits per heavy atom. The van der Waals surface area contributed by atoms with Crippen LogP contribution in [0.4, 0.5) is 0 Å². The third-order valence-corrected chi connectivity index (χ3v) is 13.7. The van der Waals surface area contributed by atoms with Gasteiger partial charge in [0, 0.05) is 24.7 Å². The Morgan fingerprint density at radius 1 is 0.610 bits per heavy atom. The smallest absolute Gasteiger partial charge is 0.201 e. The molecule has 228 valence electrons. The molecular weight excluding hydrogens is 524 g/mol. The van der Waals surface area contributed by atoms with Crippen molar-refractivity contribution in [1.82, 2.24) is 0 Å². The van der Waals surface area contributed by atoms with Crippen molar-refractivity contribution in [2.45, 2.75) is 146 Å². The second-order valence-corrected chi connectivity index (χ2v) is 15.9. The van der Waals surface area contributed by atoms with Crippen molar-refractivity contribution in [3.63, 3.8) is 0 Å². The molecule has 0 amide bonds. The Kier molecular flexibility index (Phi) is 5.74. The van der Waals surface area contributed by atoms with Gasteiger partial charge in [-0.3, -0.25) is 0 Å². The normalized spacial score (nSPS) is 62.7. The molecule has 11 rings (SSSR count). The first-order valence-corrected chi connectivity index (χ1v) is 16.7. The van der Waals surface area contributed by atoms with Crippen LogP contribution in [0.3, 0.4) is 0 Å². The van der Waals surface area contributed by atoms with Gasteiger partial charge in [-0.1, -0.05) is 26.0 Å². The minimum atomic E-state index is -0.750. The van der Waals surface area contributed by atoms with E-state index in [2.05, 4.69) is 20.4 Å². The van der Waals surface area contributed by atoms with Crippen molar-refractivity contribution in [2.24, 2.45) is 47.3 Å². The minimum Gasteiger partial charge on any atom is -0.346 e. The van der Waals surface area contributed by atoms with Gasteiger partial charge in [0.2, 0.25) is 11.6 Å². The molecule has 11 fully saturated rings. The Hall–Kier alpha value is -0.580. The molecule has 0 aromatic carbocycles. The van der Waals surface area contributed by atoms with Gasteiger partial charge in [0.15, 0.2) is 23.8 Å². The van der Waals surface area contributed by atoms with Gasteiger partial charge in [0.25, 0.3) is 0 Å². The van der Waals surface area contributed by atoms with E-state index in [0.717, 1.165) is 57.8 Å². The van der Waals surface area contributed by atoms with Crippen molar-refractivity contribution in [3.8, 4) is 0 Å². The number of hydrogen-bond donors (Lipinski definition) is 0. The van der Waals surface area contributed by atoms with Crippen molar-refractivity contribution in [2.75, 3.05) is 0 Å². The highest BCUT2D eigenvalue weighted by Gasteiger charge is 2.73. The first-order valence-electron chi connectivity index (χ1n) is 16.7. The van der Waals surface area contributed by atoms with Gasteiger partial charge < -0.3 is 18.9 Å². The molecule has 4 bridgehead atoms. The van der Waals surface area contributed by atoms with Gasteiger partial charge in [-0.05, 0) is 107 Å². The van der Waals surface area contributed by atoms with Crippen LogP contribution < -0.4 is 0 Å². The van der Waals surface area contributed by atoms with Gasteiger partial charge >= 0.3 is 0 Å². The number of rotatable bonds is 0. The molecule has 0 aromatic heterocycles. The predicted molar refractivity (Wildman–Crippen MR) is 145 cm³/mol. The molecule has 0 N–H and O–H groups in total. The van der Waals surface area contributed by atoms with Gasteiger partial charge in [0.05, 0.1) is 12.2 Å². The summed E-state index contributed by atoms with van der Waals surface area (Å²) in [4.78, 5) is 25.4. The summed E-state index contributed by atoms with van der Waals surface area (Å²) < 4.78 is 27.4. The zero-order chi connectivity index (χ0) is 27.9. The van der Waals surface area contributed by atoms with Crippen LogP contribution in [0.25, 0.3) is 0 Å². The minimum absolute atomic E-state index is 0.0513. The lowest BCUT2D eigenvalue weighted by Gasteiger charge is -2.64. The van der Waals surface area contributed by atoms with Crippen LogP contribution in [-0.4, -0.2) is 47.6 Å². The van der Waals surface area contributed by atoms with Gasteiger partial charge in [0.1, 0.15) is 0 Å². The summed E-state index contributed by atoms with van der Waals surface area (Å²) in [5.41, 5.74) is 0.0674. The summed E-state index contributed by atoms with van der Waals surface area (Å²) >= 11 is 0. The quantitative estimate of drug-likeness (QED) is 0.251. The van der Waals surface area contributed by atoms with E-state index >= 15 is 0 Å². The van der Waals surface area contributed by atoms with E-state index in [-0.39, 0.29) is 12.2 Å². The first kappa shape index (κ1) is 26.8. The second-order valence-electron chi connectivity index (χ2n) is 15.9. The fourth-order valence-electron chi connectivity index (χ4n) is 11.7. The monoisotopic (exact) mass is 572 g/mol. The first-order chi connectivity index (χ1) is 19.6. The van der Waals surface area contributed by atoms with Crippen molar-refractivity contribution >= 4 is 0 Å². The molecule has 16 atom stereocenters. The highest BCUT2D eigenvalue weighted by molar-refractivity contribution is 5.17. The third kappa shape index (κ3) is 3.51. The summed E-state index contributed by atoms with van der Waals surface area (Å²) in [5.74, 6) is 1.50. The zero-order valence-electron chi connectivity index (χ0n) is 25.2. The Bertz CT molecular complexity index is 1030. The SMILES string of the molecule is C=C1CC2O[C@@H]3O[C@]4(C)CC[C@H]5[C@H](C)CC[C@@H]([C@H]2C[C@H]2C(C1)O[C@@H]1O[C@]6(C)CC[C@H]7[C@H](C)CC[C@@H]2[C@@]17OO6)[C@@]35OO4. The molecule has 3 aliphatic carbocycles. The summed E-state index contributed by atoms with van der Waals surface area (Å²) in [6, 6.07) is 0. The van der Waals surface area contributed by atoms with Crippen LogP contribution in [0.5, 0.6) is 0 Å². The topological polar surface area (TPSA) is 73.8 Å². The lowest BCUT2D eigenvalue weighted by Crippen LogP contribution is -2.73. The summed E-state index contributed by atoms with van der Waals surface area (Å²) in [6.07, 6.45) is 10.3. The zero-order valence-corrected chi connectivity index (χ0v) is 25.2. The lowest BCUT2D eigenvalue weighted by molar-refractivity contribution is -0.575. The van der Waals surface area contributed by atoms with E-state index in [4.69, 9.17) is 38.5 Å². The van der Waals surface area contributed by atoms with Crippen LogP contribution in [0.2, 0.25) is 0 Å². The molecule has 41 heavy (non-hydrogen) atoms. The highest BCUT2D eigenvalue weighted by Crippen LogP contribution is 2.66. The fraction of sp³-hybridized carbons (Fsp3) is 0.939. The van der Waals surface area contributed by atoms with Gasteiger partial charge in [-0.15, -0.1) is 0 Å². The standard InChI is InChI=1S/C33H48O8/c1-17-14-26-20(24-8-6-18(2)22-10-12-30(4)36-28(34-26)32(22,24)40-38-30)16-21-25-9-7-19(3)23-11-13-31(5)37-29(35-27(21)15-17)33(23,25)41-39-31/h18-29H,1,6-16H2,2-5H3/t18-,19-,20-,21-,22+,23+,24+,25+,26?,27?,28-,29-,30+,31+,32-,33-/m1/s1. The van der Waals surface area contributed by atoms with E-state index in [1.54, 1.807) is 0 Å². The summed E-state index contributed by atoms with van der Waals surface area (Å²) in [5, 5.41) is 0. The third-order valence-electron chi connectivity index (χ3n) is 13.7. The van der Waals surface area contributed by atoms with E-state index in [0.29, 0.717) is 47.3 Å². The molecule has 11 aliphatic rings. The van der Waals surface area contributed by atoms with E-state index in [1.807, 2.05) is 13.8 Å². The summed E-state index contributed by atoms with van der Waals surface area (Å²) in [6.45, 7) is 13.4. The maximum atomic E-state index is 7.05. The number of hydrogen-bond acceptors (Lipinski definition) is 8. The predicted octanol–water partition coefficient (Wildman–Crippen LogP) is 6.19. The van der Waals surface area contributed by atoms with Crippen molar-refractivity contribution < 1.29 is 38.5 Å². The van der Waals surface area contributed by atoms with E-state index < -0.39 is 35.4 Å². The maximum absolute atomic E-state index is 7.05. The van der Waals surface area contributed by atoms with Crippen LogP contribution in [0.1, 0.15) is 98.3 Å². The summed E-state index contributed by atoms with van der Waals surface area (Å²) in [7, 11) is 0. The van der Waals surface area contributed by atoms with E-state index in [1.165, 1.54) is 18.4 Å². The van der Waals surface area contributed by atoms with Crippen molar-refractivity contribution in [3.05, 3.63) is 12.2 Å². The highest BCUT2D eigenvalue weighted by atomic mass is 17.3. The van der Waals surface area contributed by atoms with Crippen LogP contribution in [0, 0.1) is 47.3 Å². The molecule has 0 radical (unpaired) electrons. The average Bonchev–Trinajstić information content (AvgIpc) is 3.29. The molecule has 8 heteroatoms. The fourth-order valence-corrected chi connectivity index (χ4v) is 11.7. The van der Waals surface area contributed by atoms with Gasteiger partial charge in [-0.2, -0.15) is 0 Å². The maximum Gasteiger partial charge on any atom is 0.201 e. The number of fused-ring (bicyclic) bond motifs is 8. The number of ether oxygens (including phenoxy) is 4. The molecule has 8 saturated heterocycles. The molecule has 2 spiro atoms. The van der Waals surface area contributed by atoms with Crippen molar-refractivity contribution in [1.29, 1.82) is 0 Å².